The molecule has 0 spiro atoms. The van der Waals surface area contributed by atoms with Gasteiger partial charge in [0.1, 0.15) is 63.6 Å². The summed E-state index contributed by atoms with van der Waals surface area (Å²) in [6.45, 7) is 28.6. The lowest BCUT2D eigenvalue weighted by Crippen LogP contribution is -2.44. The molecule has 7 aromatic carbocycles. The van der Waals surface area contributed by atoms with Gasteiger partial charge in [-0.15, -0.1) is 12.4 Å². The minimum atomic E-state index is -0.662. The summed E-state index contributed by atoms with van der Waals surface area (Å²) in [6.07, 6.45) is 0.823. The number of nitrogens with zero attached hydrogens (tertiary/aromatic N) is 2. The molecule has 5 unspecified atom stereocenters. The van der Waals surface area contributed by atoms with Crippen molar-refractivity contribution in [3.63, 3.8) is 0 Å². The molecule has 4 fully saturated rings. The molecule has 102 heavy (non-hydrogen) atoms. The molecular formula is C80H113ClN4O17. The summed E-state index contributed by atoms with van der Waals surface area (Å²) in [7, 11) is 0. The Labute approximate surface area is 611 Å². The van der Waals surface area contributed by atoms with Crippen LogP contribution in [0.15, 0.2) is 182 Å². The van der Waals surface area contributed by atoms with Gasteiger partial charge in [-0.3, -0.25) is 9.80 Å². The van der Waals surface area contributed by atoms with E-state index in [2.05, 4.69) is 45.9 Å². The maximum atomic E-state index is 10.3. The van der Waals surface area contributed by atoms with Crippen LogP contribution in [0.25, 0.3) is 0 Å². The van der Waals surface area contributed by atoms with E-state index < -0.39 is 6.10 Å². The SMILES string of the molecule is CCCO.CCOc1ccccc1OCC(O)CN(CCO)Cc1ccccc1.CCOc1ccccc1OCC1CN(Cc2ccccc2)CCO1.CCOc1ccccc1OCC1CNCCO1.CCOc1ccccc1OCC1CNCCO1.CCOc1ccccc1OCC1CO1.Cl. The summed E-state index contributed by atoms with van der Waals surface area (Å²) < 4.78 is 78.3. The molecule has 0 bridgehead atoms. The zero-order chi connectivity index (χ0) is 71.6. The molecular weight excluding hydrogens is 1320 g/mol. The summed E-state index contributed by atoms with van der Waals surface area (Å²) in [5, 5.41) is 34.0. The summed E-state index contributed by atoms with van der Waals surface area (Å²) in [4.78, 5) is 4.43. The van der Waals surface area contributed by atoms with E-state index in [1.54, 1.807) is 0 Å². The van der Waals surface area contributed by atoms with Crippen LogP contribution in [-0.2, 0) is 32.0 Å². The maximum Gasteiger partial charge on any atom is 0.161 e. The predicted molar refractivity (Wildman–Crippen MR) is 401 cm³/mol. The number of halogens is 1. The Bertz CT molecular complexity index is 3120. The summed E-state index contributed by atoms with van der Waals surface area (Å²) in [5.41, 5.74) is 2.48. The van der Waals surface area contributed by atoms with Crippen molar-refractivity contribution in [1.29, 1.82) is 0 Å². The van der Waals surface area contributed by atoms with Gasteiger partial charge in [-0.25, -0.2) is 0 Å². The van der Waals surface area contributed by atoms with Gasteiger partial charge in [0.25, 0.3) is 0 Å². The van der Waals surface area contributed by atoms with Crippen molar-refractivity contribution in [3.8, 4) is 57.5 Å². The average molecular weight is 1440 g/mol. The van der Waals surface area contributed by atoms with Gasteiger partial charge >= 0.3 is 0 Å². The van der Waals surface area contributed by atoms with Gasteiger partial charge in [-0.2, -0.15) is 0 Å². The predicted octanol–water partition coefficient (Wildman–Crippen LogP) is 11.3. The van der Waals surface area contributed by atoms with Crippen molar-refractivity contribution in [1.82, 2.24) is 20.4 Å². The summed E-state index contributed by atoms with van der Waals surface area (Å²) in [6, 6.07) is 58.9. The van der Waals surface area contributed by atoms with Crippen LogP contribution in [0.5, 0.6) is 57.5 Å². The number of morpholine rings is 3. The third-order valence-corrected chi connectivity index (χ3v) is 15.1. The minimum absolute atomic E-state index is 0. The fourth-order valence-electron chi connectivity index (χ4n) is 10.2. The average Bonchev–Trinajstić information content (AvgIpc) is 1.30. The lowest BCUT2D eigenvalue weighted by atomic mass is 10.2. The molecule has 5 N–H and O–H groups in total. The van der Waals surface area contributed by atoms with Crippen LogP contribution in [0.1, 0.15) is 59.1 Å². The Kier molecular flexibility index (Phi) is 44.4. The van der Waals surface area contributed by atoms with Crippen LogP contribution in [0.3, 0.4) is 0 Å². The van der Waals surface area contributed by atoms with Crippen molar-refractivity contribution in [3.05, 3.63) is 193 Å². The quantitative estimate of drug-likeness (QED) is 0.0237. The van der Waals surface area contributed by atoms with Crippen molar-refractivity contribution in [2.75, 3.05) is 158 Å². The number of aliphatic hydroxyl groups is 3. The molecule has 0 aromatic heterocycles. The third kappa shape index (κ3) is 35.0. The Morgan fingerprint density at radius 2 is 0.755 bits per heavy atom. The molecule has 4 aliphatic rings. The van der Waals surface area contributed by atoms with Crippen molar-refractivity contribution in [2.24, 2.45) is 0 Å². The number of rotatable bonds is 34. The standard InChI is InChI=1S/C20H27NO4.C20H25NO3.2C13H19NO3.C11H14O3.C3H8O.ClH/c1-2-24-19-10-6-7-11-20(19)25-16-18(23)15-21(12-13-22)14-17-8-4-3-5-9-17;1-2-22-19-10-6-7-11-20(19)24-16-18-15-21(12-13-23-18)14-17-8-4-3-5-9-17;2*1-2-15-12-5-3-4-6-13(12)17-10-11-9-14-7-8-16-11;1-2-12-10-5-3-4-6-11(10)14-8-9-7-13-9;1-2-3-4;/h3-11,18,22-23H,2,12-16H2,1H3;3-11,18H,2,12-16H2,1H3;2*3-6,11,14H,2,7-10H2,1H3;3-6,9H,2,7-8H2,1H3;4H,2-3H2,1H3;1H. The fraction of sp³-hybridized carbons (Fsp3) is 0.475. The van der Waals surface area contributed by atoms with E-state index in [1.807, 2.05) is 198 Å². The molecule has 21 nitrogen and oxygen atoms in total. The van der Waals surface area contributed by atoms with E-state index in [1.165, 1.54) is 5.56 Å². The molecule has 0 radical (unpaired) electrons. The van der Waals surface area contributed by atoms with Gasteiger partial charge in [-0.05, 0) is 113 Å². The van der Waals surface area contributed by atoms with Gasteiger partial charge in [0.2, 0.25) is 0 Å². The Balaban J connectivity index is 0.000000229. The zero-order valence-corrected chi connectivity index (χ0v) is 61.5. The minimum Gasteiger partial charge on any atom is -0.490 e. The maximum absolute atomic E-state index is 10.3. The van der Waals surface area contributed by atoms with Crippen molar-refractivity contribution >= 4 is 12.4 Å². The lowest BCUT2D eigenvalue weighted by molar-refractivity contribution is -0.0507. The second-order valence-electron chi connectivity index (χ2n) is 23.3. The Hall–Kier alpha value is -7.61. The van der Waals surface area contributed by atoms with Crippen molar-refractivity contribution < 1.29 is 81.6 Å². The topological polar surface area (TPSA) is 224 Å². The summed E-state index contributed by atoms with van der Waals surface area (Å²) in [5.74, 6) is 7.61. The number of para-hydroxylation sites is 10. The number of aliphatic hydroxyl groups excluding tert-OH is 3. The Morgan fingerprint density at radius 1 is 0.422 bits per heavy atom. The number of hydrogen-bond donors (Lipinski definition) is 5. The van der Waals surface area contributed by atoms with E-state index >= 15 is 0 Å². The highest BCUT2D eigenvalue weighted by atomic mass is 35.5. The van der Waals surface area contributed by atoms with Crippen LogP contribution in [0, 0.1) is 0 Å². The number of benzene rings is 7. The van der Waals surface area contributed by atoms with E-state index in [0.29, 0.717) is 97.2 Å². The van der Waals surface area contributed by atoms with E-state index in [0.717, 1.165) is 130 Å². The molecule has 0 aliphatic carbocycles. The van der Waals surface area contributed by atoms with Gasteiger partial charge in [-0.1, -0.05) is 128 Å². The first kappa shape index (κ1) is 85.0. The van der Waals surface area contributed by atoms with Crippen LogP contribution >= 0.6 is 12.4 Å². The molecule has 562 valence electrons. The first-order valence-electron chi connectivity index (χ1n) is 35.7. The highest BCUT2D eigenvalue weighted by Gasteiger charge is 2.25. The second kappa shape index (κ2) is 53.2. The monoisotopic (exact) mass is 1440 g/mol. The molecule has 7 aromatic rings. The molecule has 0 saturated carbocycles. The van der Waals surface area contributed by atoms with Gasteiger partial charge in [0, 0.05) is 72.1 Å². The van der Waals surface area contributed by atoms with Crippen molar-refractivity contribution in [2.45, 2.75) is 91.6 Å². The zero-order valence-electron chi connectivity index (χ0n) is 60.7. The van der Waals surface area contributed by atoms with Gasteiger partial charge in [0.05, 0.1) is 66.1 Å². The van der Waals surface area contributed by atoms with E-state index in [-0.39, 0.29) is 50.0 Å². The molecule has 22 heteroatoms. The molecule has 0 amide bonds. The second-order valence-corrected chi connectivity index (χ2v) is 23.3. The summed E-state index contributed by atoms with van der Waals surface area (Å²) >= 11 is 0. The number of nitrogens with one attached hydrogen (secondary N) is 2. The van der Waals surface area contributed by atoms with E-state index in [9.17, 15) is 10.2 Å². The van der Waals surface area contributed by atoms with Crippen LogP contribution in [0.4, 0.5) is 0 Å². The third-order valence-electron chi connectivity index (χ3n) is 15.1. The largest absolute Gasteiger partial charge is 0.490 e. The van der Waals surface area contributed by atoms with E-state index in [4.69, 9.17) is 71.4 Å². The molecule has 4 aliphatic heterocycles. The smallest absolute Gasteiger partial charge is 0.161 e. The van der Waals surface area contributed by atoms with Gasteiger partial charge in [0.15, 0.2) is 57.5 Å². The number of hydrogen-bond acceptors (Lipinski definition) is 21. The van der Waals surface area contributed by atoms with Crippen LogP contribution in [-0.4, -0.2) is 214 Å². The molecule has 11 rings (SSSR count). The van der Waals surface area contributed by atoms with Crippen LogP contribution in [0.2, 0.25) is 0 Å². The highest BCUT2D eigenvalue weighted by molar-refractivity contribution is 5.85. The highest BCUT2D eigenvalue weighted by Crippen LogP contribution is 2.31. The number of epoxide rings is 1. The first-order valence-corrected chi connectivity index (χ1v) is 35.7. The lowest BCUT2D eigenvalue weighted by Gasteiger charge is -2.32. The first-order chi connectivity index (χ1) is 49.7. The van der Waals surface area contributed by atoms with Crippen LogP contribution < -0.4 is 58.0 Å². The molecule has 4 heterocycles. The normalized spacial score (nSPS) is 16.8. The van der Waals surface area contributed by atoms with Gasteiger partial charge < -0.3 is 92.3 Å². The molecule has 5 atom stereocenters. The fourth-order valence-corrected chi connectivity index (χ4v) is 10.2. The Morgan fingerprint density at radius 3 is 1.10 bits per heavy atom. The number of ether oxygens (including phenoxy) is 14. The molecule has 4 saturated heterocycles.